The lowest BCUT2D eigenvalue weighted by atomic mass is 10.1. The second-order valence-electron chi connectivity index (χ2n) is 5.50. The molecular weight excluding hydrogens is 320 g/mol. The van der Waals surface area contributed by atoms with Crippen LogP contribution in [0.4, 0.5) is 0 Å². The highest BCUT2D eigenvalue weighted by Gasteiger charge is 2.15. The summed E-state index contributed by atoms with van der Waals surface area (Å²) in [6, 6.07) is 14.7. The van der Waals surface area contributed by atoms with E-state index in [0.29, 0.717) is 28.9 Å². The molecule has 0 saturated heterocycles. The summed E-state index contributed by atoms with van der Waals surface area (Å²) in [5.74, 6) is 0.207. The summed E-state index contributed by atoms with van der Waals surface area (Å²) in [7, 11) is 2.88. The minimum Gasteiger partial charge on any atom is -0.496 e. The first kappa shape index (κ1) is 16.7. The number of rotatable bonds is 5. The van der Waals surface area contributed by atoms with Crippen molar-refractivity contribution in [2.45, 2.75) is 13.0 Å². The highest BCUT2D eigenvalue weighted by atomic mass is 16.5. The van der Waals surface area contributed by atoms with Gasteiger partial charge in [0.05, 0.1) is 25.3 Å². The van der Waals surface area contributed by atoms with Gasteiger partial charge in [0.15, 0.2) is 0 Å². The number of methoxy groups -OCH3 is 2. The minimum absolute atomic E-state index is 0.155. The van der Waals surface area contributed by atoms with E-state index in [2.05, 4.69) is 4.98 Å². The molecule has 6 nitrogen and oxygen atoms in total. The molecule has 0 spiro atoms. The third-order valence-corrected chi connectivity index (χ3v) is 3.99. The van der Waals surface area contributed by atoms with Crippen LogP contribution < -0.4 is 10.3 Å². The van der Waals surface area contributed by atoms with E-state index in [1.54, 1.807) is 19.2 Å². The third-order valence-electron chi connectivity index (χ3n) is 3.99. The number of carbonyl (C=O) groups excluding carboxylic acids is 1. The molecule has 25 heavy (non-hydrogen) atoms. The Morgan fingerprint density at radius 3 is 2.56 bits per heavy atom. The van der Waals surface area contributed by atoms with Crippen molar-refractivity contribution >= 4 is 17.0 Å². The van der Waals surface area contributed by atoms with Crippen molar-refractivity contribution < 1.29 is 14.3 Å². The Kier molecular flexibility index (Phi) is 4.79. The summed E-state index contributed by atoms with van der Waals surface area (Å²) >= 11 is 0. The van der Waals surface area contributed by atoms with E-state index in [0.717, 1.165) is 5.56 Å². The summed E-state index contributed by atoms with van der Waals surface area (Å²) < 4.78 is 11.5. The van der Waals surface area contributed by atoms with Gasteiger partial charge in [-0.3, -0.25) is 14.2 Å². The highest BCUT2D eigenvalue weighted by Crippen LogP contribution is 2.20. The minimum atomic E-state index is -0.485. The number of nitrogens with zero attached hydrogens (tertiary/aromatic N) is 2. The summed E-state index contributed by atoms with van der Waals surface area (Å²) in [6.07, 6.45) is 0.314. The van der Waals surface area contributed by atoms with Crippen LogP contribution in [0.5, 0.6) is 5.75 Å². The van der Waals surface area contributed by atoms with Gasteiger partial charge in [-0.2, -0.15) is 0 Å². The molecule has 0 radical (unpaired) electrons. The Hall–Kier alpha value is -3.15. The van der Waals surface area contributed by atoms with Gasteiger partial charge in [0.25, 0.3) is 5.56 Å². The maximum Gasteiger partial charge on any atom is 0.325 e. The number of hydrogen-bond donors (Lipinski definition) is 0. The molecule has 0 atom stereocenters. The smallest absolute Gasteiger partial charge is 0.325 e. The van der Waals surface area contributed by atoms with E-state index in [9.17, 15) is 9.59 Å². The lowest BCUT2D eigenvalue weighted by molar-refractivity contribution is -0.141. The van der Waals surface area contributed by atoms with Crippen molar-refractivity contribution in [3.05, 3.63) is 70.1 Å². The van der Waals surface area contributed by atoms with Gasteiger partial charge in [0.2, 0.25) is 0 Å². The number of fused-ring (bicyclic) bond motifs is 1. The van der Waals surface area contributed by atoms with Crippen molar-refractivity contribution in [1.82, 2.24) is 9.55 Å². The zero-order chi connectivity index (χ0) is 17.8. The van der Waals surface area contributed by atoms with Gasteiger partial charge in [-0.05, 0) is 18.2 Å². The summed E-state index contributed by atoms with van der Waals surface area (Å²) in [5, 5.41) is 0. The van der Waals surface area contributed by atoms with Crippen LogP contribution in [-0.4, -0.2) is 29.7 Å². The van der Waals surface area contributed by atoms with E-state index in [4.69, 9.17) is 9.47 Å². The number of para-hydroxylation sites is 3. The molecule has 3 aromatic rings. The second-order valence-corrected chi connectivity index (χ2v) is 5.50. The molecule has 6 heteroatoms. The molecule has 3 rings (SSSR count). The predicted molar refractivity (Wildman–Crippen MR) is 93.8 cm³/mol. The van der Waals surface area contributed by atoms with Crippen molar-refractivity contribution in [2.75, 3.05) is 14.2 Å². The largest absolute Gasteiger partial charge is 0.496 e. The molecule has 0 saturated carbocycles. The summed E-state index contributed by atoms with van der Waals surface area (Å²) in [5.41, 5.74) is 2.15. The van der Waals surface area contributed by atoms with Gasteiger partial charge in [-0.25, -0.2) is 4.98 Å². The molecule has 0 fully saturated rings. The standard InChI is InChI=1S/C19H18N2O4/c1-24-17-10-6-3-7-13(17)11-15-19(23)21(12-18(22)25-2)16-9-5-4-8-14(16)20-15/h3-10H,11-12H2,1-2H3. The third kappa shape index (κ3) is 3.38. The highest BCUT2D eigenvalue weighted by molar-refractivity contribution is 5.77. The first-order valence-corrected chi connectivity index (χ1v) is 7.81. The van der Waals surface area contributed by atoms with Crippen LogP contribution in [0.3, 0.4) is 0 Å². The van der Waals surface area contributed by atoms with Crippen LogP contribution in [-0.2, 0) is 22.5 Å². The average Bonchev–Trinajstić information content (AvgIpc) is 2.65. The lowest BCUT2D eigenvalue weighted by Crippen LogP contribution is -2.29. The maximum absolute atomic E-state index is 12.9. The molecule has 2 aromatic carbocycles. The number of carbonyl (C=O) groups is 1. The van der Waals surface area contributed by atoms with Gasteiger partial charge < -0.3 is 9.47 Å². The fraction of sp³-hybridized carbons (Fsp3) is 0.211. The van der Waals surface area contributed by atoms with Crippen LogP contribution in [0.2, 0.25) is 0 Å². The average molecular weight is 338 g/mol. The molecule has 0 aliphatic heterocycles. The Morgan fingerprint density at radius 2 is 1.80 bits per heavy atom. The monoisotopic (exact) mass is 338 g/mol. The topological polar surface area (TPSA) is 70.4 Å². The molecule has 128 valence electrons. The molecule has 0 aliphatic rings. The predicted octanol–water partition coefficient (Wildman–Crippen LogP) is 2.17. The lowest BCUT2D eigenvalue weighted by Gasteiger charge is -2.12. The fourth-order valence-electron chi connectivity index (χ4n) is 2.74. The molecule has 1 heterocycles. The first-order valence-electron chi connectivity index (χ1n) is 7.81. The van der Waals surface area contributed by atoms with Crippen molar-refractivity contribution in [1.29, 1.82) is 0 Å². The summed E-state index contributed by atoms with van der Waals surface area (Å²) in [4.78, 5) is 29.1. The van der Waals surface area contributed by atoms with Gasteiger partial charge >= 0.3 is 5.97 Å². The number of esters is 1. The quantitative estimate of drug-likeness (QED) is 0.667. The van der Waals surface area contributed by atoms with Gasteiger partial charge in [0, 0.05) is 12.0 Å². The zero-order valence-electron chi connectivity index (χ0n) is 14.1. The number of hydrogen-bond acceptors (Lipinski definition) is 5. The molecule has 1 aromatic heterocycles. The first-order chi connectivity index (χ1) is 12.1. The SMILES string of the molecule is COC(=O)Cn1c(=O)c(Cc2ccccc2OC)nc2ccccc21. The van der Waals surface area contributed by atoms with Crippen molar-refractivity contribution in [3.8, 4) is 5.75 Å². The summed E-state index contributed by atoms with van der Waals surface area (Å²) in [6.45, 7) is -0.155. The molecule has 0 unspecified atom stereocenters. The van der Waals surface area contributed by atoms with E-state index >= 15 is 0 Å². The molecular formula is C19H18N2O4. The van der Waals surface area contributed by atoms with Crippen LogP contribution >= 0.6 is 0 Å². The van der Waals surface area contributed by atoms with Crippen molar-refractivity contribution in [2.24, 2.45) is 0 Å². The second kappa shape index (κ2) is 7.17. The molecule has 0 N–H and O–H groups in total. The number of ether oxygens (including phenoxy) is 2. The zero-order valence-corrected chi connectivity index (χ0v) is 14.1. The van der Waals surface area contributed by atoms with Gasteiger partial charge in [-0.1, -0.05) is 30.3 Å². The number of benzene rings is 2. The normalized spacial score (nSPS) is 10.6. The van der Waals surface area contributed by atoms with E-state index in [-0.39, 0.29) is 12.1 Å². The Bertz CT molecular complexity index is 979. The van der Waals surface area contributed by atoms with Crippen LogP contribution in [0.1, 0.15) is 11.3 Å². The van der Waals surface area contributed by atoms with Crippen LogP contribution in [0.25, 0.3) is 11.0 Å². The van der Waals surface area contributed by atoms with Crippen molar-refractivity contribution in [3.63, 3.8) is 0 Å². The Labute approximate surface area is 144 Å². The van der Waals surface area contributed by atoms with E-state index in [1.165, 1.54) is 11.7 Å². The van der Waals surface area contributed by atoms with Gasteiger partial charge in [-0.15, -0.1) is 0 Å². The van der Waals surface area contributed by atoms with Crippen LogP contribution in [0, 0.1) is 0 Å². The van der Waals surface area contributed by atoms with E-state index < -0.39 is 5.97 Å². The van der Waals surface area contributed by atoms with Gasteiger partial charge in [0.1, 0.15) is 18.0 Å². The van der Waals surface area contributed by atoms with E-state index in [1.807, 2.05) is 36.4 Å². The molecule has 0 amide bonds. The maximum atomic E-state index is 12.9. The molecule has 0 aliphatic carbocycles. The Morgan fingerprint density at radius 1 is 1.08 bits per heavy atom. The van der Waals surface area contributed by atoms with Crippen LogP contribution in [0.15, 0.2) is 53.3 Å². The number of aromatic nitrogens is 2. The molecule has 0 bridgehead atoms. The Balaban J connectivity index is 2.14. The fourth-order valence-corrected chi connectivity index (χ4v) is 2.74.